The Morgan fingerprint density at radius 1 is 1.10 bits per heavy atom. The number of hydrogen-bond acceptors (Lipinski definition) is 6. The average Bonchev–Trinajstić information content (AvgIpc) is 3.27. The van der Waals surface area contributed by atoms with Crippen molar-refractivity contribution in [3.63, 3.8) is 0 Å². The van der Waals surface area contributed by atoms with Gasteiger partial charge >= 0.3 is 5.97 Å². The van der Waals surface area contributed by atoms with Crippen molar-refractivity contribution < 1.29 is 34.0 Å². The van der Waals surface area contributed by atoms with E-state index in [1.165, 1.54) is 12.1 Å². The summed E-state index contributed by atoms with van der Waals surface area (Å²) in [6.45, 7) is 4.50. The zero-order chi connectivity index (χ0) is 28.5. The van der Waals surface area contributed by atoms with Crippen molar-refractivity contribution in [3.8, 4) is 17.1 Å². The predicted molar refractivity (Wildman–Crippen MR) is 144 cm³/mol. The molecule has 210 valence electrons. The van der Waals surface area contributed by atoms with Crippen LogP contribution in [0.25, 0.3) is 11.4 Å². The van der Waals surface area contributed by atoms with Crippen LogP contribution in [0.5, 0.6) is 5.75 Å². The first kappa shape index (κ1) is 29.8. The Bertz CT molecular complexity index is 1260. The van der Waals surface area contributed by atoms with Gasteiger partial charge < -0.3 is 29.9 Å². The largest absolute Gasteiger partial charge is 0.497 e. The first-order valence-corrected chi connectivity index (χ1v) is 12.9. The van der Waals surface area contributed by atoms with Crippen LogP contribution in [0.2, 0.25) is 0 Å². The maximum atomic E-state index is 13.6. The van der Waals surface area contributed by atoms with E-state index in [0.717, 1.165) is 11.3 Å². The van der Waals surface area contributed by atoms with Crippen molar-refractivity contribution >= 4 is 11.9 Å². The molecular weight excluding hydrogens is 505 g/mol. The monoisotopic (exact) mass is 541 g/mol. The molecule has 2 aromatic carbocycles. The van der Waals surface area contributed by atoms with Gasteiger partial charge in [0.05, 0.1) is 31.4 Å². The highest BCUT2D eigenvalue weighted by Crippen LogP contribution is 2.29. The molecule has 3 aromatic rings. The summed E-state index contributed by atoms with van der Waals surface area (Å²) in [5, 5.41) is 32.2. The van der Waals surface area contributed by atoms with Crippen molar-refractivity contribution in [2.45, 2.75) is 64.2 Å². The van der Waals surface area contributed by atoms with Gasteiger partial charge in [-0.2, -0.15) is 0 Å². The molecule has 0 saturated carbocycles. The number of amides is 1. The van der Waals surface area contributed by atoms with Gasteiger partial charge in [-0.1, -0.05) is 26.0 Å². The molecule has 0 radical (unpaired) electrons. The van der Waals surface area contributed by atoms with Crippen LogP contribution in [0.15, 0.2) is 48.5 Å². The van der Waals surface area contributed by atoms with Crippen LogP contribution in [0.1, 0.15) is 60.8 Å². The molecule has 0 fully saturated rings. The predicted octanol–water partition coefficient (Wildman–Crippen LogP) is 3.77. The minimum absolute atomic E-state index is 0.0957. The Morgan fingerprint density at radius 3 is 2.46 bits per heavy atom. The van der Waals surface area contributed by atoms with Gasteiger partial charge in [0.2, 0.25) is 0 Å². The number of aliphatic hydroxyl groups is 2. The van der Waals surface area contributed by atoms with E-state index in [0.29, 0.717) is 30.0 Å². The van der Waals surface area contributed by atoms with E-state index in [-0.39, 0.29) is 36.9 Å². The second-order valence-electron chi connectivity index (χ2n) is 9.77. The number of ether oxygens (including phenoxy) is 1. The molecule has 0 spiro atoms. The molecule has 0 aliphatic heterocycles. The lowest BCUT2D eigenvalue weighted by atomic mass is 10.0. The highest BCUT2D eigenvalue weighted by molar-refractivity contribution is 5.94. The number of halogens is 1. The Hall–Kier alpha value is -3.76. The number of imidazole rings is 1. The molecule has 0 aliphatic carbocycles. The first-order valence-electron chi connectivity index (χ1n) is 12.9. The van der Waals surface area contributed by atoms with Gasteiger partial charge in [-0.15, -0.1) is 0 Å². The van der Waals surface area contributed by atoms with E-state index in [9.17, 15) is 24.2 Å². The molecule has 0 saturated heterocycles. The molecule has 1 aromatic heterocycles. The molecule has 9 nitrogen and oxygen atoms in total. The van der Waals surface area contributed by atoms with Gasteiger partial charge in [0.15, 0.2) is 0 Å². The fourth-order valence-electron chi connectivity index (χ4n) is 4.49. The molecule has 0 bridgehead atoms. The van der Waals surface area contributed by atoms with E-state index < -0.39 is 30.4 Å². The molecule has 1 heterocycles. The number of aromatic nitrogens is 2. The van der Waals surface area contributed by atoms with Crippen molar-refractivity contribution in [2.24, 2.45) is 0 Å². The minimum atomic E-state index is -1.17. The summed E-state index contributed by atoms with van der Waals surface area (Å²) in [5.41, 5.74) is 2.52. The molecular formula is C29H36FN3O6. The molecule has 39 heavy (non-hydrogen) atoms. The van der Waals surface area contributed by atoms with E-state index in [1.807, 2.05) is 42.7 Å². The third kappa shape index (κ3) is 8.36. The number of methoxy groups -OCH3 is 1. The Labute approximate surface area is 227 Å². The van der Waals surface area contributed by atoms with Crippen LogP contribution in [0.3, 0.4) is 0 Å². The standard InChI is InChI=1S/C29H36FN3O6/c1-18(2)27-26(29(38)31-13-11-19-5-4-6-24(15-19)39-3)32-28(20-7-9-21(30)10-8-20)33(27)14-12-22(34)16-23(35)17-25(36)37/h4-10,15,18,22-23,34-35H,11-14,16-17H2,1-3H3,(H,31,38)(H,36,37)/t22-,23-/m1/s1. The lowest BCUT2D eigenvalue weighted by Gasteiger charge is -2.19. The summed E-state index contributed by atoms with van der Waals surface area (Å²) in [7, 11) is 1.60. The fourth-order valence-corrected chi connectivity index (χ4v) is 4.49. The van der Waals surface area contributed by atoms with Gasteiger partial charge in [0.25, 0.3) is 5.91 Å². The molecule has 3 rings (SSSR count). The Balaban J connectivity index is 1.84. The third-order valence-electron chi connectivity index (χ3n) is 6.34. The maximum absolute atomic E-state index is 13.6. The summed E-state index contributed by atoms with van der Waals surface area (Å²) in [6, 6.07) is 13.4. The summed E-state index contributed by atoms with van der Waals surface area (Å²) < 4.78 is 20.7. The van der Waals surface area contributed by atoms with Crippen LogP contribution >= 0.6 is 0 Å². The average molecular weight is 542 g/mol. The highest BCUT2D eigenvalue weighted by atomic mass is 19.1. The summed E-state index contributed by atoms with van der Waals surface area (Å²) in [6.07, 6.45) is -1.91. The second kappa shape index (κ2) is 13.9. The molecule has 0 unspecified atom stereocenters. The summed E-state index contributed by atoms with van der Waals surface area (Å²) in [4.78, 5) is 28.8. The maximum Gasteiger partial charge on any atom is 0.305 e. The quantitative estimate of drug-likeness (QED) is 0.244. The Morgan fingerprint density at radius 2 is 1.82 bits per heavy atom. The van der Waals surface area contributed by atoms with Gasteiger partial charge in [-0.3, -0.25) is 9.59 Å². The molecule has 4 N–H and O–H groups in total. The number of aliphatic hydroxyl groups excluding tert-OH is 2. The number of nitrogens with one attached hydrogen (secondary N) is 1. The highest BCUT2D eigenvalue weighted by Gasteiger charge is 2.26. The third-order valence-corrected chi connectivity index (χ3v) is 6.34. The van der Waals surface area contributed by atoms with Gasteiger partial charge in [-0.05, 0) is 67.1 Å². The van der Waals surface area contributed by atoms with Gasteiger partial charge in [0.1, 0.15) is 23.1 Å². The van der Waals surface area contributed by atoms with Crippen LogP contribution < -0.4 is 10.1 Å². The molecule has 2 atom stereocenters. The van der Waals surface area contributed by atoms with E-state index in [4.69, 9.17) is 9.84 Å². The van der Waals surface area contributed by atoms with E-state index in [2.05, 4.69) is 10.3 Å². The van der Waals surface area contributed by atoms with Crippen LogP contribution in [0.4, 0.5) is 4.39 Å². The number of carbonyl (C=O) groups excluding carboxylic acids is 1. The number of nitrogens with zero attached hydrogens (tertiary/aromatic N) is 2. The number of rotatable bonds is 14. The topological polar surface area (TPSA) is 134 Å². The molecule has 10 heteroatoms. The van der Waals surface area contributed by atoms with E-state index >= 15 is 0 Å². The lowest BCUT2D eigenvalue weighted by molar-refractivity contribution is -0.139. The number of carboxylic acid groups (broad SMARTS) is 1. The van der Waals surface area contributed by atoms with Crippen molar-refractivity contribution in [3.05, 3.63) is 71.3 Å². The van der Waals surface area contributed by atoms with Crippen LogP contribution in [0, 0.1) is 5.82 Å². The number of aliphatic carboxylic acids is 1. The van der Waals surface area contributed by atoms with Crippen molar-refractivity contribution in [1.82, 2.24) is 14.9 Å². The van der Waals surface area contributed by atoms with E-state index in [1.54, 1.807) is 19.2 Å². The number of carboxylic acids is 1. The van der Waals surface area contributed by atoms with Crippen molar-refractivity contribution in [2.75, 3.05) is 13.7 Å². The Kier molecular flexibility index (Phi) is 10.6. The smallest absolute Gasteiger partial charge is 0.305 e. The fraction of sp³-hybridized carbons (Fsp3) is 0.414. The first-order chi connectivity index (χ1) is 18.6. The normalized spacial score (nSPS) is 12.8. The second-order valence-corrected chi connectivity index (χ2v) is 9.77. The van der Waals surface area contributed by atoms with Crippen LogP contribution in [-0.2, 0) is 17.8 Å². The zero-order valence-electron chi connectivity index (χ0n) is 22.4. The number of benzene rings is 2. The summed E-state index contributed by atoms with van der Waals surface area (Å²) in [5.74, 6) is -0.816. The van der Waals surface area contributed by atoms with Crippen LogP contribution in [-0.4, -0.2) is 62.6 Å². The minimum Gasteiger partial charge on any atom is -0.497 e. The molecule has 0 aliphatic rings. The van der Waals surface area contributed by atoms with Gasteiger partial charge in [0, 0.05) is 18.7 Å². The summed E-state index contributed by atoms with van der Waals surface area (Å²) >= 11 is 0. The van der Waals surface area contributed by atoms with Gasteiger partial charge in [-0.25, -0.2) is 9.37 Å². The van der Waals surface area contributed by atoms with Crippen molar-refractivity contribution in [1.29, 1.82) is 0 Å². The number of carbonyl (C=O) groups is 2. The zero-order valence-corrected chi connectivity index (χ0v) is 22.4. The lowest BCUT2D eigenvalue weighted by Crippen LogP contribution is -2.27. The molecule has 1 amide bonds. The number of hydrogen-bond donors (Lipinski definition) is 4. The SMILES string of the molecule is COc1cccc(CCNC(=O)c2nc(-c3ccc(F)cc3)n(CC[C@@H](O)C[C@@H](O)CC(=O)O)c2C(C)C)c1.